The first-order chi connectivity index (χ1) is 9.45. The highest BCUT2D eigenvalue weighted by Gasteiger charge is 2.28. The zero-order chi connectivity index (χ0) is 14.7. The Bertz CT molecular complexity index is 475. The van der Waals surface area contributed by atoms with Crippen molar-refractivity contribution in [3.05, 3.63) is 24.3 Å². The molecule has 0 spiro atoms. The van der Waals surface area contributed by atoms with Crippen LogP contribution in [0.5, 0.6) is 0 Å². The lowest BCUT2D eigenvalue weighted by molar-refractivity contribution is -0.114. The fourth-order valence-corrected chi connectivity index (χ4v) is 2.85. The summed E-state index contributed by atoms with van der Waals surface area (Å²) in [6.45, 7) is 7.21. The Labute approximate surface area is 121 Å². The smallest absolute Gasteiger partial charge is 0.221 e. The standard InChI is InChI=1S/C16H25N3O/c1-11-10-19(4)12(2)8-16(11)18-15-7-5-6-14(9-15)17-13(3)20/h5-7,9,11-12,16,18H,8,10H2,1-4H3,(H,17,20). The van der Waals surface area contributed by atoms with E-state index in [1.165, 1.54) is 6.92 Å². The Kier molecular flexibility index (Phi) is 4.65. The molecule has 1 fully saturated rings. The highest BCUT2D eigenvalue weighted by atomic mass is 16.1. The van der Waals surface area contributed by atoms with E-state index in [2.05, 4.69) is 42.5 Å². The van der Waals surface area contributed by atoms with E-state index in [0.29, 0.717) is 18.0 Å². The summed E-state index contributed by atoms with van der Waals surface area (Å²) in [4.78, 5) is 13.5. The highest BCUT2D eigenvalue weighted by Crippen LogP contribution is 2.25. The van der Waals surface area contributed by atoms with Crippen LogP contribution in [0, 0.1) is 5.92 Å². The van der Waals surface area contributed by atoms with Gasteiger partial charge in [0.15, 0.2) is 0 Å². The molecular formula is C16H25N3O. The van der Waals surface area contributed by atoms with E-state index in [0.717, 1.165) is 24.3 Å². The van der Waals surface area contributed by atoms with Gasteiger partial charge in [-0.1, -0.05) is 13.0 Å². The molecule has 4 nitrogen and oxygen atoms in total. The summed E-state index contributed by atoms with van der Waals surface area (Å²) in [5.74, 6) is 0.573. The number of carbonyl (C=O) groups is 1. The molecule has 2 N–H and O–H groups in total. The lowest BCUT2D eigenvalue weighted by Gasteiger charge is -2.40. The summed E-state index contributed by atoms with van der Waals surface area (Å²) in [5, 5.41) is 6.44. The summed E-state index contributed by atoms with van der Waals surface area (Å²) in [6, 6.07) is 9.01. The molecule has 0 saturated carbocycles. The van der Waals surface area contributed by atoms with Gasteiger partial charge >= 0.3 is 0 Å². The Balaban J connectivity index is 2.04. The molecule has 4 heteroatoms. The summed E-state index contributed by atoms with van der Waals surface area (Å²) in [7, 11) is 2.19. The average molecular weight is 275 g/mol. The van der Waals surface area contributed by atoms with Gasteiger partial charge < -0.3 is 15.5 Å². The van der Waals surface area contributed by atoms with Crippen molar-refractivity contribution in [1.29, 1.82) is 0 Å². The van der Waals surface area contributed by atoms with Crippen molar-refractivity contribution in [3.8, 4) is 0 Å². The third-order valence-corrected chi connectivity index (χ3v) is 4.15. The third-order valence-electron chi connectivity index (χ3n) is 4.15. The van der Waals surface area contributed by atoms with Crippen LogP contribution in [-0.2, 0) is 4.79 Å². The van der Waals surface area contributed by atoms with Crippen molar-refractivity contribution in [2.24, 2.45) is 5.92 Å². The average Bonchev–Trinajstić information content (AvgIpc) is 2.35. The molecule has 1 aromatic carbocycles. The first kappa shape index (κ1) is 14.9. The molecule has 1 aliphatic heterocycles. The number of anilines is 2. The number of hydrogen-bond acceptors (Lipinski definition) is 3. The molecule has 0 aliphatic carbocycles. The van der Waals surface area contributed by atoms with E-state index < -0.39 is 0 Å². The number of rotatable bonds is 3. The SMILES string of the molecule is CC(=O)Nc1cccc(NC2CC(C)N(C)CC2C)c1. The fraction of sp³-hybridized carbons (Fsp3) is 0.562. The molecular weight excluding hydrogens is 250 g/mol. The zero-order valence-corrected chi connectivity index (χ0v) is 12.8. The van der Waals surface area contributed by atoms with Gasteiger partial charge in [0.05, 0.1) is 0 Å². The van der Waals surface area contributed by atoms with Crippen molar-refractivity contribution in [2.75, 3.05) is 24.2 Å². The number of carbonyl (C=O) groups excluding carboxylic acids is 1. The quantitative estimate of drug-likeness (QED) is 0.891. The van der Waals surface area contributed by atoms with Gasteiger partial charge in [0.1, 0.15) is 0 Å². The van der Waals surface area contributed by atoms with E-state index in [9.17, 15) is 4.79 Å². The van der Waals surface area contributed by atoms with E-state index in [-0.39, 0.29) is 5.91 Å². The lowest BCUT2D eigenvalue weighted by atomic mass is 9.89. The minimum absolute atomic E-state index is 0.0385. The molecule has 1 heterocycles. The van der Waals surface area contributed by atoms with Gasteiger partial charge in [-0.15, -0.1) is 0 Å². The van der Waals surface area contributed by atoms with Gasteiger partial charge in [0, 0.05) is 36.9 Å². The van der Waals surface area contributed by atoms with Gasteiger partial charge in [-0.3, -0.25) is 4.79 Å². The summed E-state index contributed by atoms with van der Waals surface area (Å²) in [6.07, 6.45) is 1.14. The highest BCUT2D eigenvalue weighted by molar-refractivity contribution is 5.89. The largest absolute Gasteiger partial charge is 0.382 e. The van der Waals surface area contributed by atoms with Crippen LogP contribution in [0.4, 0.5) is 11.4 Å². The van der Waals surface area contributed by atoms with E-state index in [1.54, 1.807) is 0 Å². The molecule has 3 atom stereocenters. The second-order valence-electron chi connectivity index (χ2n) is 6.01. The van der Waals surface area contributed by atoms with Crippen molar-refractivity contribution in [3.63, 3.8) is 0 Å². The Morgan fingerprint density at radius 1 is 1.30 bits per heavy atom. The zero-order valence-electron chi connectivity index (χ0n) is 12.8. The third kappa shape index (κ3) is 3.73. The van der Waals surface area contributed by atoms with Crippen molar-refractivity contribution in [2.45, 2.75) is 39.3 Å². The topological polar surface area (TPSA) is 44.4 Å². The lowest BCUT2D eigenvalue weighted by Crippen LogP contribution is -2.48. The van der Waals surface area contributed by atoms with Crippen LogP contribution in [0.15, 0.2) is 24.3 Å². The van der Waals surface area contributed by atoms with Crippen LogP contribution in [-0.4, -0.2) is 36.5 Å². The molecule has 3 unspecified atom stereocenters. The Morgan fingerprint density at radius 2 is 2.00 bits per heavy atom. The number of nitrogens with zero attached hydrogens (tertiary/aromatic N) is 1. The predicted molar refractivity (Wildman–Crippen MR) is 84.0 cm³/mol. The molecule has 0 aromatic heterocycles. The number of benzene rings is 1. The molecule has 20 heavy (non-hydrogen) atoms. The fourth-order valence-electron chi connectivity index (χ4n) is 2.85. The second kappa shape index (κ2) is 6.27. The number of amides is 1. The molecule has 1 aliphatic rings. The number of nitrogens with one attached hydrogen (secondary N) is 2. The summed E-state index contributed by atoms with van der Waals surface area (Å²) < 4.78 is 0. The van der Waals surface area contributed by atoms with Gasteiger partial charge in [-0.2, -0.15) is 0 Å². The van der Waals surface area contributed by atoms with E-state index in [4.69, 9.17) is 0 Å². The maximum absolute atomic E-state index is 11.1. The molecule has 1 amide bonds. The number of piperidine rings is 1. The molecule has 110 valence electrons. The second-order valence-corrected chi connectivity index (χ2v) is 6.01. The van der Waals surface area contributed by atoms with Gasteiger partial charge in [0.25, 0.3) is 0 Å². The normalized spacial score (nSPS) is 27.1. The summed E-state index contributed by atoms with van der Waals surface area (Å²) in [5.41, 5.74) is 1.92. The monoisotopic (exact) mass is 275 g/mol. The van der Waals surface area contributed by atoms with Crippen LogP contribution in [0.25, 0.3) is 0 Å². The minimum Gasteiger partial charge on any atom is -0.382 e. The molecule has 0 bridgehead atoms. The van der Waals surface area contributed by atoms with Crippen LogP contribution in [0.1, 0.15) is 27.2 Å². The van der Waals surface area contributed by atoms with Crippen LogP contribution >= 0.6 is 0 Å². The van der Waals surface area contributed by atoms with Crippen molar-refractivity contribution >= 4 is 17.3 Å². The first-order valence-electron chi connectivity index (χ1n) is 7.30. The van der Waals surface area contributed by atoms with Gasteiger partial charge in [0.2, 0.25) is 5.91 Å². The van der Waals surface area contributed by atoms with Gasteiger partial charge in [-0.05, 0) is 44.5 Å². The Hall–Kier alpha value is -1.55. The molecule has 0 radical (unpaired) electrons. The van der Waals surface area contributed by atoms with Crippen LogP contribution in [0.3, 0.4) is 0 Å². The minimum atomic E-state index is -0.0385. The maximum Gasteiger partial charge on any atom is 0.221 e. The predicted octanol–water partition coefficient (Wildman–Crippen LogP) is 2.79. The first-order valence-corrected chi connectivity index (χ1v) is 7.30. The maximum atomic E-state index is 11.1. The summed E-state index contributed by atoms with van der Waals surface area (Å²) >= 11 is 0. The van der Waals surface area contributed by atoms with Crippen LogP contribution < -0.4 is 10.6 Å². The van der Waals surface area contributed by atoms with E-state index >= 15 is 0 Å². The Morgan fingerprint density at radius 3 is 2.70 bits per heavy atom. The molecule has 1 saturated heterocycles. The van der Waals surface area contributed by atoms with E-state index in [1.807, 2.05) is 18.2 Å². The van der Waals surface area contributed by atoms with Crippen LogP contribution in [0.2, 0.25) is 0 Å². The number of likely N-dealkylation sites (tertiary alicyclic amines) is 1. The van der Waals surface area contributed by atoms with Gasteiger partial charge in [-0.25, -0.2) is 0 Å². The molecule has 2 rings (SSSR count). The van der Waals surface area contributed by atoms with Crippen molar-refractivity contribution < 1.29 is 4.79 Å². The number of hydrogen-bond donors (Lipinski definition) is 2. The molecule has 1 aromatic rings. The van der Waals surface area contributed by atoms with Crippen molar-refractivity contribution in [1.82, 2.24) is 4.90 Å².